The topological polar surface area (TPSA) is 59.4 Å². The van der Waals surface area contributed by atoms with E-state index in [9.17, 15) is 9.90 Å². The SMILES string of the molecule is CCOC(=O)C(C(C)C)C(O)c1cncc(Br)c1. The molecule has 18 heavy (non-hydrogen) atoms. The summed E-state index contributed by atoms with van der Waals surface area (Å²) in [6, 6.07) is 1.76. The van der Waals surface area contributed by atoms with Crippen LogP contribution in [0.15, 0.2) is 22.9 Å². The lowest BCUT2D eigenvalue weighted by atomic mass is 9.87. The molecule has 1 aromatic heterocycles. The Morgan fingerprint density at radius 3 is 2.67 bits per heavy atom. The molecule has 100 valence electrons. The summed E-state index contributed by atoms with van der Waals surface area (Å²) < 4.78 is 5.78. The number of carbonyl (C=O) groups is 1. The van der Waals surface area contributed by atoms with Crippen LogP contribution in [0, 0.1) is 11.8 Å². The van der Waals surface area contributed by atoms with E-state index in [0.29, 0.717) is 12.2 Å². The van der Waals surface area contributed by atoms with Crippen molar-refractivity contribution in [3.05, 3.63) is 28.5 Å². The summed E-state index contributed by atoms with van der Waals surface area (Å²) in [6.45, 7) is 5.83. The number of aromatic nitrogens is 1. The van der Waals surface area contributed by atoms with Gasteiger partial charge in [0.25, 0.3) is 0 Å². The number of aliphatic hydroxyl groups excluding tert-OH is 1. The molecular formula is C13H18BrNO3. The number of pyridine rings is 1. The van der Waals surface area contributed by atoms with E-state index in [0.717, 1.165) is 4.47 Å². The van der Waals surface area contributed by atoms with Gasteiger partial charge < -0.3 is 9.84 Å². The molecule has 5 heteroatoms. The van der Waals surface area contributed by atoms with E-state index < -0.39 is 12.0 Å². The van der Waals surface area contributed by atoms with Crippen LogP contribution in [0.2, 0.25) is 0 Å². The van der Waals surface area contributed by atoms with Gasteiger partial charge in [0.2, 0.25) is 0 Å². The lowest BCUT2D eigenvalue weighted by Gasteiger charge is -2.24. The highest BCUT2D eigenvalue weighted by molar-refractivity contribution is 9.10. The summed E-state index contributed by atoms with van der Waals surface area (Å²) in [4.78, 5) is 15.9. The fourth-order valence-corrected chi connectivity index (χ4v) is 2.18. The molecule has 0 spiro atoms. The predicted octanol–water partition coefficient (Wildman–Crippen LogP) is 2.71. The van der Waals surface area contributed by atoms with Crippen LogP contribution in [0.3, 0.4) is 0 Å². The Hall–Kier alpha value is -0.940. The van der Waals surface area contributed by atoms with Crippen molar-refractivity contribution in [3.63, 3.8) is 0 Å². The lowest BCUT2D eigenvalue weighted by Crippen LogP contribution is -2.29. The smallest absolute Gasteiger partial charge is 0.312 e. The molecule has 2 atom stereocenters. The third-order valence-corrected chi connectivity index (χ3v) is 3.12. The molecule has 2 unspecified atom stereocenters. The van der Waals surface area contributed by atoms with Crippen molar-refractivity contribution in [3.8, 4) is 0 Å². The predicted molar refractivity (Wildman–Crippen MR) is 71.9 cm³/mol. The molecule has 0 fully saturated rings. The molecule has 0 aliphatic rings. The van der Waals surface area contributed by atoms with E-state index in [1.807, 2.05) is 13.8 Å². The fourth-order valence-electron chi connectivity index (χ4n) is 1.80. The molecule has 1 rings (SSSR count). The number of aliphatic hydroxyl groups is 1. The summed E-state index contributed by atoms with van der Waals surface area (Å²) in [5.41, 5.74) is 0.608. The second-order valence-corrected chi connectivity index (χ2v) is 5.32. The minimum Gasteiger partial charge on any atom is -0.466 e. The Morgan fingerprint density at radius 1 is 1.50 bits per heavy atom. The first-order valence-corrected chi connectivity index (χ1v) is 6.71. The van der Waals surface area contributed by atoms with Gasteiger partial charge in [-0.25, -0.2) is 0 Å². The van der Waals surface area contributed by atoms with Gasteiger partial charge >= 0.3 is 5.97 Å². The van der Waals surface area contributed by atoms with Crippen molar-refractivity contribution in [1.29, 1.82) is 0 Å². The van der Waals surface area contributed by atoms with Gasteiger partial charge in [0.05, 0.1) is 18.6 Å². The average Bonchev–Trinajstić information content (AvgIpc) is 2.28. The molecular weight excluding hydrogens is 298 g/mol. The van der Waals surface area contributed by atoms with E-state index in [2.05, 4.69) is 20.9 Å². The van der Waals surface area contributed by atoms with E-state index in [1.54, 1.807) is 25.4 Å². The minimum atomic E-state index is -0.908. The minimum absolute atomic E-state index is 0.0157. The zero-order chi connectivity index (χ0) is 13.7. The number of rotatable bonds is 5. The third-order valence-electron chi connectivity index (χ3n) is 2.68. The lowest BCUT2D eigenvalue weighted by molar-refractivity contribution is -0.154. The van der Waals surface area contributed by atoms with E-state index in [1.165, 1.54) is 0 Å². The molecule has 1 heterocycles. The van der Waals surface area contributed by atoms with Crippen LogP contribution in [0.25, 0.3) is 0 Å². The van der Waals surface area contributed by atoms with Gasteiger partial charge in [0.15, 0.2) is 0 Å². The second-order valence-electron chi connectivity index (χ2n) is 4.40. The number of ether oxygens (including phenoxy) is 1. The third kappa shape index (κ3) is 3.78. The summed E-state index contributed by atoms with van der Waals surface area (Å²) in [7, 11) is 0. The van der Waals surface area contributed by atoms with Gasteiger partial charge in [-0.1, -0.05) is 13.8 Å². The largest absolute Gasteiger partial charge is 0.466 e. The fraction of sp³-hybridized carbons (Fsp3) is 0.538. The average molecular weight is 316 g/mol. The maximum absolute atomic E-state index is 11.9. The van der Waals surface area contributed by atoms with Crippen molar-refractivity contribution >= 4 is 21.9 Å². The molecule has 0 saturated heterocycles. The molecule has 4 nitrogen and oxygen atoms in total. The molecule has 0 aliphatic heterocycles. The molecule has 1 N–H and O–H groups in total. The molecule has 1 aromatic rings. The van der Waals surface area contributed by atoms with Gasteiger partial charge in [0.1, 0.15) is 0 Å². The van der Waals surface area contributed by atoms with Crippen LogP contribution >= 0.6 is 15.9 Å². The first-order valence-electron chi connectivity index (χ1n) is 5.92. The van der Waals surface area contributed by atoms with Crippen molar-refractivity contribution in [2.75, 3.05) is 6.61 Å². The zero-order valence-electron chi connectivity index (χ0n) is 10.8. The van der Waals surface area contributed by atoms with Crippen molar-refractivity contribution < 1.29 is 14.6 Å². The Bertz CT molecular complexity index is 409. The molecule has 0 amide bonds. The Kier molecular flexibility index (Phi) is 5.75. The molecule has 0 bridgehead atoms. The highest BCUT2D eigenvalue weighted by atomic mass is 79.9. The number of halogens is 1. The quantitative estimate of drug-likeness (QED) is 0.849. The van der Waals surface area contributed by atoms with Gasteiger partial charge in [-0.05, 0) is 34.8 Å². The van der Waals surface area contributed by atoms with Gasteiger partial charge in [-0.2, -0.15) is 0 Å². The molecule has 0 aliphatic carbocycles. The van der Waals surface area contributed by atoms with Crippen molar-refractivity contribution in [2.45, 2.75) is 26.9 Å². The monoisotopic (exact) mass is 315 g/mol. The van der Waals surface area contributed by atoms with Crippen LogP contribution in [-0.4, -0.2) is 22.7 Å². The standard InChI is InChI=1S/C13H18BrNO3/c1-4-18-13(17)11(8(2)3)12(16)9-5-10(14)7-15-6-9/h5-8,11-12,16H,4H2,1-3H3. The summed E-state index contributed by atoms with van der Waals surface area (Å²) >= 11 is 3.29. The molecule has 0 aromatic carbocycles. The van der Waals surface area contributed by atoms with Crippen LogP contribution in [0.4, 0.5) is 0 Å². The summed E-state index contributed by atoms with van der Waals surface area (Å²) in [5.74, 6) is -0.973. The van der Waals surface area contributed by atoms with Crippen LogP contribution in [-0.2, 0) is 9.53 Å². The summed E-state index contributed by atoms with van der Waals surface area (Å²) in [6.07, 6.45) is 2.28. The van der Waals surface area contributed by atoms with E-state index in [4.69, 9.17) is 4.74 Å². The highest BCUT2D eigenvalue weighted by Crippen LogP contribution is 2.30. The summed E-state index contributed by atoms with van der Waals surface area (Å²) in [5, 5.41) is 10.3. The van der Waals surface area contributed by atoms with Crippen LogP contribution in [0.5, 0.6) is 0 Å². The van der Waals surface area contributed by atoms with Gasteiger partial charge in [-0.3, -0.25) is 9.78 Å². The number of esters is 1. The van der Waals surface area contributed by atoms with Gasteiger partial charge in [-0.15, -0.1) is 0 Å². The molecule has 0 radical (unpaired) electrons. The Labute approximate surface area is 116 Å². The maximum Gasteiger partial charge on any atom is 0.312 e. The Balaban J connectivity index is 2.96. The first kappa shape index (κ1) is 15.1. The molecule has 0 saturated carbocycles. The van der Waals surface area contributed by atoms with Crippen LogP contribution < -0.4 is 0 Å². The van der Waals surface area contributed by atoms with Gasteiger partial charge in [0, 0.05) is 22.4 Å². The normalized spacial score (nSPS) is 14.3. The number of nitrogens with zero attached hydrogens (tertiary/aromatic N) is 1. The first-order chi connectivity index (χ1) is 8.47. The van der Waals surface area contributed by atoms with Crippen molar-refractivity contribution in [2.24, 2.45) is 11.8 Å². The second kappa shape index (κ2) is 6.85. The Morgan fingerprint density at radius 2 is 2.17 bits per heavy atom. The van der Waals surface area contributed by atoms with E-state index >= 15 is 0 Å². The maximum atomic E-state index is 11.9. The number of hydrogen-bond acceptors (Lipinski definition) is 4. The van der Waals surface area contributed by atoms with E-state index in [-0.39, 0.29) is 11.9 Å². The zero-order valence-corrected chi connectivity index (χ0v) is 12.3. The highest BCUT2D eigenvalue weighted by Gasteiger charge is 2.32. The van der Waals surface area contributed by atoms with Crippen molar-refractivity contribution in [1.82, 2.24) is 4.98 Å². The van der Waals surface area contributed by atoms with Crippen LogP contribution in [0.1, 0.15) is 32.4 Å². The number of carbonyl (C=O) groups excluding carboxylic acids is 1. The number of hydrogen-bond donors (Lipinski definition) is 1.